The monoisotopic (exact) mass is 315 g/mol. The number of nitrogens with one attached hydrogen (secondary N) is 2. The van der Waals surface area contributed by atoms with Crippen LogP contribution in [0.2, 0.25) is 0 Å². The number of fused-ring (bicyclic) bond motifs is 1. The molecule has 3 aromatic rings. The zero-order valence-electron chi connectivity index (χ0n) is 12.5. The second-order valence-corrected chi connectivity index (χ2v) is 6.98. The molecule has 114 valence electrons. The summed E-state index contributed by atoms with van der Waals surface area (Å²) in [6.07, 6.45) is 4.36. The first-order valence-electron chi connectivity index (χ1n) is 7.39. The van der Waals surface area contributed by atoms with Crippen molar-refractivity contribution in [2.45, 2.75) is 39.2 Å². The lowest BCUT2D eigenvalue weighted by Crippen LogP contribution is -2.23. The number of aromatic nitrogens is 4. The summed E-state index contributed by atoms with van der Waals surface area (Å²) in [4.78, 5) is 18.9. The molecule has 0 radical (unpaired) electrons. The normalized spacial score (nSPS) is 14.6. The number of aromatic amines is 1. The summed E-state index contributed by atoms with van der Waals surface area (Å²) in [5, 5.41) is 9.92. The molecule has 1 amide bonds. The highest BCUT2D eigenvalue weighted by Gasteiger charge is 2.26. The van der Waals surface area contributed by atoms with E-state index < -0.39 is 0 Å². The Kier molecular flexibility index (Phi) is 3.04. The predicted octanol–water partition coefficient (Wildman–Crippen LogP) is 2.54. The number of H-pyrrole nitrogens is 1. The maximum absolute atomic E-state index is 12.1. The van der Waals surface area contributed by atoms with Crippen LogP contribution in [0.25, 0.3) is 4.96 Å². The largest absolute Gasteiger partial charge is 0.345 e. The maximum atomic E-state index is 12.1. The third-order valence-corrected chi connectivity index (χ3v) is 5.19. The van der Waals surface area contributed by atoms with Crippen molar-refractivity contribution in [3.8, 4) is 0 Å². The molecule has 1 fully saturated rings. The highest BCUT2D eigenvalue weighted by molar-refractivity contribution is 7.17. The lowest BCUT2D eigenvalue weighted by Gasteiger charge is -1.99. The number of amides is 1. The highest BCUT2D eigenvalue weighted by Crippen LogP contribution is 2.38. The van der Waals surface area contributed by atoms with Gasteiger partial charge < -0.3 is 5.32 Å². The molecule has 6 nitrogen and oxygen atoms in total. The summed E-state index contributed by atoms with van der Waals surface area (Å²) < 4.78 is 2.07. The standard InChI is InChI=1S/C15H17N5OS/c1-8-9(2)22-15-17-11(7-20(8)15)6-16-14(21)13-5-12(18-19-13)10-3-4-10/h5,7,10H,3-4,6H2,1-2H3,(H,16,21)(H,18,19). The van der Waals surface area contributed by atoms with Crippen LogP contribution in [0.3, 0.4) is 0 Å². The van der Waals surface area contributed by atoms with E-state index in [-0.39, 0.29) is 5.91 Å². The van der Waals surface area contributed by atoms with Gasteiger partial charge in [0.1, 0.15) is 5.69 Å². The fourth-order valence-electron chi connectivity index (χ4n) is 2.51. The Balaban J connectivity index is 1.44. The van der Waals surface area contributed by atoms with Crippen LogP contribution >= 0.6 is 11.3 Å². The molecule has 0 spiro atoms. The first kappa shape index (κ1) is 13.5. The maximum Gasteiger partial charge on any atom is 0.272 e. The summed E-state index contributed by atoms with van der Waals surface area (Å²) in [6, 6.07) is 1.85. The summed E-state index contributed by atoms with van der Waals surface area (Å²) in [5.41, 5.74) is 3.58. The fourth-order valence-corrected chi connectivity index (χ4v) is 3.48. The van der Waals surface area contributed by atoms with Crippen molar-refractivity contribution in [1.82, 2.24) is 24.9 Å². The minimum absolute atomic E-state index is 0.160. The van der Waals surface area contributed by atoms with Crippen LogP contribution in [0.5, 0.6) is 0 Å². The molecule has 1 saturated carbocycles. The van der Waals surface area contributed by atoms with Gasteiger partial charge in [-0.1, -0.05) is 0 Å². The molecule has 0 saturated heterocycles. The number of rotatable bonds is 4. The van der Waals surface area contributed by atoms with Crippen molar-refractivity contribution >= 4 is 22.2 Å². The van der Waals surface area contributed by atoms with E-state index in [0.29, 0.717) is 18.2 Å². The highest BCUT2D eigenvalue weighted by atomic mass is 32.1. The predicted molar refractivity (Wildman–Crippen MR) is 84.3 cm³/mol. The molecule has 22 heavy (non-hydrogen) atoms. The summed E-state index contributed by atoms with van der Waals surface area (Å²) in [7, 11) is 0. The Bertz CT molecular complexity index is 855. The molecule has 0 aliphatic heterocycles. The molecule has 0 bridgehead atoms. The molecular formula is C15H17N5OS. The number of imidazole rings is 1. The van der Waals surface area contributed by atoms with Crippen molar-refractivity contribution in [2.24, 2.45) is 0 Å². The summed E-state index contributed by atoms with van der Waals surface area (Å²) in [5.74, 6) is 0.410. The van der Waals surface area contributed by atoms with Crippen LogP contribution in [0.4, 0.5) is 0 Å². The second kappa shape index (κ2) is 4.95. The Morgan fingerprint density at radius 1 is 1.50 bits per heavy atom. The summed E-state index contributed by atoms with van der Waals surface area (Å²) in [6.45, 7) is 4.58. The van der Waals surface area contributed by atoms with Crippen LogP contribution in [0.15, 0.2) is 12.3 Å². The smallest absolute Gasteiger partial charge is 0.272 e. The van der Waals surface area contributed by atoms with Gasteiger partial charge in [-0.2, -0.15) is 5.10 Å². The Hall–Kier alpha value is -2.15. The molecule has 1 aliphatic carbocycles. The van der Waals surface area contributed by atoms with E-state index in [1.165, 1.54) is 23.4 Å². The van der Waals surface area contributed by atoms with Gasteiger partial charge in [-0.3, -0.25) is 14.3 Å². The zero-order valence-corrected chi connectivity index (χ0v) is 13.3. The average Bonchev–Trinajstić information content (AvgIpc) is 3.00. The molecule has 3 heterocycles. The van der Waals surface area contributed by atoms with Crippen molar-refractivity contribution in [3.05, 3.63) is 39.9 Å². The van der Waals surface area contributed by atoms with Gasteiger partial charge in [0.25, 0.3) is 5.91 Å². The minimum atomic E-state index is -0.160. The number of carbonyl (C=O) groups excluding carboxylic acids is 1. The topological polar surface area (TPSA) is 75.1 Å². The second-order valence-electron chi connectivity index (χ2n) is 5.79. The molecular weight excluding hydrogens is 298 g/mol. The third kappa shape index (κ3) is 2.31. The molecule has 0 unspecified atom stereocenters. The first-order valence-corrected chi connectivity index (χ1v) is 8.21. The number of hydrogen-bond acceptors (Lipinski definition) is 4. The van der Waals surface area contributed by atoms with Gasteiger partial charge in [0.2, 0.25) is 0 Å². The minimum Gasteiger partial charge on any atom is -0.345 e. The van der Waals surface area contributed by atoms with Gasteiger partial charge in [-0.25, -0.2) is 4.98 Å². The molecule has 2 N–H and O–H groups in total. The SMILES string of the molecule is Cc1sc2nc(CNC(=O)c3cc(C4CC4)[nH]n3)cn2c1C. The Labute approximate surface area is 131 Å². The van der Waals surface area contributed by atoms with Crippen LogP contribution in [0.1, 0.15) is 51.2 Å². The van der Waals surface area contributed by atoms with Crippen LogP contribution in [-0.2, 0) is 6.54 Å². The molecule has 0 atom stereocenters. The number of aryl methyl sites for hydroxylation is 2. The van der Waals surface area contributed by atoms with E-state index in [4.69, 9.17) is 0 Å². The number of nitrogens with zero attached hydrogens (tertiary/aromatic N) is 3. The fraction of sp³-hybridized carbons (Fsp3) is 0.400. The molecule has 3 aromatic heterocycles. The van der Waals surface area contributed by atoms with Gasteiger partial charge in [0.05, 0.1) is 12.2 Å². The van der Waals surface area contributed by atoms with E-state index in [1.807, 2.05) is 12.3 Å². The third-order valence-electron chi connectivity index (χ3n) is 4.12. The van der Waals surface area contributed by atoms with Gasteiger partial charge >= 0.3 is 0 Å². The van der Waals surface area contributed by atoms with E-state index >= 15 is 0 Å². The lowest BCUT2D eigenvalue weighted by molar-refractivity contribution is 0.0945. The lowest BCUT2D eigenvalue weighted by atomic mass is 10.2. The van der Waals surface area contributed by atoms with Gasteiger partial charge in [-0.05, 0) is 32.8 Å². The quantitative estimate of drug-likeness (QED) is 0.777. The first-order chi connectivity index (χ1) is 10.6. The van der Waals surface area contributed by atoms with Crippen LogP contribution in [0, 0.1) is 13.8 Å². The van der Waals surface area contributed by atoms with E-state index in [2.05, 4.69) is 38.7 Å². The average molecular weight is 315 g/mol. The summed E-state index contributed by atoms with van der Waals surface area (Å²) >= 11 is 1.67. The van der Waals surface area contributed by atoms with Gasteiger partial charge in [0, 0.05) is 28.4 Å². The van der Waals surface area contributed by atoms with Gasteiger partial charge in [-0.15, -0.1) is 11.3 Å². The number of carbonyl (C=O) groups is 1. The number of hydrogen-bond donors (Lipinski definition) is 2. The molecule has 4 rings (SSSR count). The molecule has 0 aromatic carbocycles. The van der Waals surface area contributed by atoms with E-state index in [1.54, 1.807) is 11.3 Å². The zero-order chi connectivity index (χ0) is 15.3. The Morgan fingerprint density at radius 3 is 3.05 bits per heavy atom. The van der Waals surface area contributed by atoms with E-state index in [0.717, 1.165) is 16.3 Å². The van der Waals surface area contributed by atoms with Crippen molar-refractivity contribution in [2.75, 3.05) is 0 Å². The van der Waals surface area contributed by atoms with Crippen molar-refractivity contribution < 1.29 is 4.79 Å². The number of thiazole rings is 1. The van der Waals surface area contributed by atoms with E-state index in [9.17, 15) is 4.79 Å². The van der Waals surface area contributed by atoms with Crippen LogP contribution in [-0.4, -0.2) is 25.5 Å². The van der Waals surface area contributed by atoms with Gasteiger partial charge in [0.15, 0.2) is 4.96 Å². The van der Waals surface area contributed by atoms with Crippen molar-refractivity contribution in [3.63, 3.8) is 0 Å². The Morgan fingerprint density at radius 2 is 2.32 bits per heavy atom. The van der Waals surface area contributed by atoms with Crippen LogP contribution < -0.4 is 5.32 Å². The molecule has 7 heteroatoms. The van der Waals surface area contributed by atoms with Crippen molar-refractivity contribution in [1.29, 1.82) is 0 Å². The molecule has 1 aliphatic rings.